The fourth-order valence-electron chi connectivity index (χ4n) is 3.27. The number of aryl methyl sites for hydroxylation is 1. The van der Waals surface area contributed by atoms with Crippen LogP contribution in [0.25, 0.3) is 5.69 Å². The van der Waals surface area contributed by atoms with Crippen molar-refractivity contribution in [2.24, 2.45) is 9.98 Å². The Morgan fingerprint density at radius 1 is 1.23 bits per heavy atom. The Balaban J connectivity index is 1.70. The number of hydrogen-bond donors (Lipinski definition) is 0. The van der Waals surface area contributed by atoms with Gasteiger partial charge >= 0.3 is 0 Å². The molecule has 1 atom stereocenters. The minimum Gasteiger partial charge on any atom is -0.337 e. The van der Waals surface area contributed by atoms with Crippen LogP contribution >= 0.6 is 0 Å². The Hall–Kier alpha value is -3.41. The topological polar surface area (TPSA) is 75.7 Å². The summed E-state index contributed by atoms with van der Waals surface area (Å²) in [4.78, 5) is 27.2. The highest BCUT2D eigenvalue weighted by atomic mass is 19.3. The molecule has 1 amide bonds. The van der Waals surface area contributed by atoms with Gasteiger partial charge in [0.1, 0.15) is 0 Å². The molecule has 0 spiro atoms. The molecular weight excluding hydrogens is 390 g/mol. The van der Waals surface area contributed by atoms with Gasteiger partial charge in [-0.1, -0.05) is 0 Å². The molecule has 154 valence electrons. The molecule has 0 aromatic carbocycles. The van der Waals surface area contributed by atoms with Crippen LogP contribution < -0.4 is 0 Å². The highest BCUT2D eigenvalue weighted by molar-refractivity contribution is 6.30. The molecule has 0 saturated carbocycles. The number of alkyl halides is 2. The lowest BCUT2D eigenvalue weighted by molar-refractivity contribution is -0.0495. The van der Waals surface area contributed by atoms with Gasteiger partial charge in [0.15, 0.2) is 11.7 Å². The third-order valence-electron chi connectivity index (χ3n) is 5.00. The summed E-state index contributed by atoms with van der Waals surface area (Å²) in [5.74, 6) is -0.159. The third kappa shape index (κ3) is 4.13. The molecule has 1 saturated heterocycles. The molecule has 1 fully saturated rings. The molecule has 0 bridgehead atoms. The van der Waals surface area contributed by atoms with Crippen molar-refractivity contribution in [1.82, 2.24) is 19.7 Å². The first-order chi connectivity index (χ1) is 14.3. The number of carbonyl (C=O) groups excluding carboxylic acids is 1. The van der Waals surface area contributed by atoms with Crippen LogP contribution in [-0.4, -0.2) is 56.5 Å². The summed E-state index contributed by atoms with van der Waals surface area (Å²) >= 11 is 0. The second-order valence-corrected chi connectivity index (χ2v) is 7.36. The normalized spacial score (nSPS) is 20.2. The summed E-state index contributed by atoms with van der Waals surface area (Å²) in [5.41, 5.74) is 2.92. The highest BCUT2D eigenvalue weighted by Crippen LogP contribution is 2.29. The van der Waals surface area contributed by atoms with Gasteiger partial charge in [-0.15, -0.1) is 0 Å². The number of nitrogens with zero attached hydrogens (tertiary/aromatic N) is 6. The molecule has 1 unspecified atom stereocenters. The van der Waals surface area contributed by atoms with Crippen LogP contribution in [0.4, 0.5) is 8.78 Å². The maximum atomic E-state index is 13.5. The molecule has 4 rings (SSSR count). The van der Waals surface area contributed by atoms with Crippen LogP contribution in [0, 0.1) is 18.9 Å². The van der Waals surface area contributed by atoms with Crippen LogP contribution in [0.2, 0.25) is 0 Å². The van der Waals surface area contributed by atoms with E-state index in [1.165, 1.54) is 4.90 Å². The number of amides is 1. The van der Waals surface area contributed by atoms with E-state index >= 15 is 0 Å². The highest BCUT2D eigenvalue weighted by Gasteiger charge is 2.36. The second-order valence-electron chi connectivity index (χ2n) is 7.36. The van der Waals surface area contributed by atoms with Crippen molar-refractivity contribution in [2.45, 2.75) is 38.7 Å². The summed E-state index contributed by atoms with van der Waals surface area (Å²) in [6.07, 6.45) is 2.57. The quantitative estimate of drug-likeness (QED) is 0.730. The molecular formula is C21H20F2N6O. The Morgan fingerprint density at radius 2 is 2.00 bits per heavy atom. The van der Waals surface area contributed by atoms with E-state index in [1.54, 1.807) is 30.1 Å². The average Bonchev–Trinajstić information content (AvgIpc) is 3.04. The smallest absolute Gasteiger partial charge is 0.274 e. The second kappa shape index (κ2) is 7.78. The molecule has 9 heteroatoms. The van der Waals surface area contributed by atoms with Crippen LogP contribution in [-0.2, 0) is 0 Å². The van der Waals surface area contributed by atoms with E-state index in [4.69, 9.17) is 0 Å². The Labute approximate surface area is 172 Å². The number of carbonyl (C=O) groups is 1. The zero-order chi connectivity index (χ0) is 21.3. The van der Waals surface area contributed by atoms with E-state index < -0.39 is 12.0 Å². The van der Waals surface area contributed by atoms with Gasteiger partial charge in [-0.3, -0.25) is 14.8 Å². The molecule has 2 aliphatic heterocycles. The zero-order valence-electron chi connectivity index (χ0n) is 16.6. The maximum absolute atomic E-state index is 13.5. The number of aromatic nitrogens is 3. The van der Waals surface area contributed by atoms with Crippen LogP contribution in [0.3, 0.4) is 0 Å². The first-order valence-corrected chi connectivity index (χ1v) is 9.60. The summed E-state index contributed by atoms with van der Waals surface area (Å²) in [5, 5.41) is 4.47. The number of piperidine rings is 1. The van der Waals surface area contributed by atoms with Gasteiger partial charge in [0.05, 0.1) is 23.3 Å². The zero-order valence-corrected chi connectivity index (χ0v) is 16.6. The number of aliphatic imine (C=N–C) groups is 2. The molecule has 30 heavy (non-hydrogen) atoms. The third-order valence-corrected chi connectivity index (χ3v) is 5.00. The predicted octanol–water partition coefficient (Wildman–Crippen LogP) is 2.99. The molecule has 2 aliphatic rings. The Kier molecular flexibility index (Phi) is 5.16. The number of halogens is 2. The lowest BCUT2D eigenvalue weighted by Gasteiger charge is -2.31. The van der Waals surface area contributed by atoms with Gasteiger partial charge < -0.3 is 4.90 Å². The molecule has 4 heterocycles. The van der Waals surface area contributed by atoms with E-state index in [0.29, 0.717) is 17.1 Å². The van der Waals surface area contributed by atoms with Gasteiger partial charge in [0, 0.05) is 43.9 Å². The van der Waals surface area contributed by atoms with E-state index in [-0.39, 0.29) is 37.5 Å². The predicted molar refractivity (Wildman–Crippen MR) is 108 cm³/mol. The van der Waals surface area contributed by atoms with Gasteiger partial charge in [-0.25, -0.2) is 18.5 Å². The SMILES string of the molecule is CC1=NC#CC(c2cc(C(=O)N3CCC(F)(F)CC3)nn2-c2ccc(C)nc2)N=C1. The minimum atomic E-state index is -2.72. The van der Waals surface area contributed by atoms with Crippen molar-refractivity contribution in [1.29, 1.82) is 0 Å². The lowest BCUT2D eigenvalue weighted by Crippen LogP contribution is -2.42. The molecule has 2 aromatic heterocycles. The Morgan fingerprint density at radius 3 is 2.70 bits per heavy atom. The standard InChI is InChI=1S/C21H20F2N6O/c1-14-3-4-16(13-25-14)29-19(17-5-8-24-15(2)12-26-17)11-18(27-29)20(30)28-9-6-21(22,23)7-10-28/h3-4,11-13,17H,6-7,9-10H2,1-2H3. The van der Waals surface area contributed by atoms with E-state index in [2.05, 4.69) is 32.0 Å². The fraction of sp³-hybridized carbons (Fsp3) is 0.381. The summed E-state index contributed by atoms with van der Waals surface area (Å²) in [7, 11) is 0. The number of hydrogen-bond acceptors (Lipinski definition) is 5. The molecule has 0 aliphatic carbocycles. The van der Waals surface area contributed by atoms with Gasteiger partial charge in [0.2, 0.25) is 0 Å². The lowest BCUT2D eigenvalue weighted by atomic mass is 10.1. The van der Waals surface area contributed by atoms with Gasteiger partial charge in [-0.2, -0.15) is 5.10 Å². The van der Waals surface area contributed by atoms with Crippen molar-refractivity contribution in [3.05, 3.63) is 41.5 Å². The monoisotopic (exact) mass is 410 g/mol. The van der Waals surface area contributed by atoms with Crippen molar-refractivity contribution < 1.29 is 13.6 Å². The summed E-state index contributed by atoms with van der Waals surface area (Å²) < 4.78 is 28.5. The molecule has 0 radical (unpaired) electrons. The number of likely N-dealkylation sites (tertiary alicyclic amines) is 1. The Bertz CT molecular complexity index is 1080. The van der Waals surface area contributed by atoms with Gasteiger partial charge in [-0.05, 0) is 38.0 Å². The van der Waals surface area contributed by atoms with E-state index in [0.717, 1.165) is 5.69 Å². The average molecular weight is 410 g/mol. The van der Waals surface area contributed by atoms with Gasteiger partial charge in [0.25, 0.3) is 11.8 Å². The van der Waals surface area contributed by atoms with Crippen molar-refractivity contribution in [3.63, 3.8) is 0 Å². The van der Waals surface area contributed by atoms with E-state index in [9.17, 15) is 13.6 Å². The molecule has 2 aromatic rings. The van der Waals surface area contributed by atoms with Crippen LogP contribution in [0.5, 0.6) is 0 Å². The largest absolute Gasteiger partial charge is 0.337 e. The summed E-state index contributed by atoms with van der Waals surface area (Å²) in [6.45, 7) is 3.65. The maximum Gasteiger partial charge on any atom is 0.274 e. The van der Waals surface area contributed by atoms with Crippen LogP contribution in [0.1, 0.15) is 47.7 Å². The van der Waals surface area contributed by atoms with Crippen molar-refractivity contribution in [3.8, 4) is 17.7 Å². The minimum absolute atomic E-state index is 0.00542. The molecule has 7 nitrogen and oxygen atoms in total. The molecule has 0 N–H and O–H groups in total. The van der Waals surface area contributed by atoms with E-state index in [1.807, 2.05) is 19.1 Å². The first kappa shape index (κ1) is 19.9. The fourth-order valence-corrected chi connectivity index (χ4v) is 3.27. The van der Waals surface area contributed by atoms with Crippen molar-refractivity contribution in [2.75, 3.05) is 13.1 Å². The first-order valence-electron chi connectivity index (χ1n) is 9.60. The van der Waals surface area contributed by atoms with Crippen LogP contribution in [0.15, 0.2) is 34.4 Å². The number of pyridine rings is 1. The van der Waals surface area contributed by atoms with Crippen molar-refractivity contribution >= 4 is 17.8 Å². The number of rotatable bonds is 3. The summed E-state index contributed by atoms with van der Waals surface area (Å²) in [6, 6.07) is 7.44.